The first-order valence-electron chi connectivity index (χ1n) is 9.91. The highest BCUT2D eigenvalue weighted by Gasteiger charge is 2.42. The van der Waals surface area contributed by atoms with Crippen LogP contribution in [0.15, 0.2) is 53.3 Å². The Morgan fingerprint density at radius 2 is 1.90 bits per heavy atom. The van der Waals surface area contributed by atoms with Crippen molar-refractivity contribution in [2.24, 2.45) is 0 Å². The summed E-state index contributed by atoms with van der Waals surface area (Å²) in [5, 5.41) is 0.611. The minimum atomic E-state index is -0.689. The summed E-state index contributed by atoms with van der Waals surface area (Å²) in [7, 11) is 0. The standard InChI is InChI=1S/C23H23ClN2O3/c1-16-7-5-10-20-25-19(14-21(27)26(16)20)15-29-22(28)23(11-3-2-4-12-23)17-8-6-9-18(24)13-17/h5-10,13-14H,2-4,11-12,15H2,1H3. The number of carbonyl (C=O) groups is 1. The fourth-order valence-corrected chi connectivity index (χ4v) is 4.46. The lowest BCUT2D eigenvalue weighted by Gasteiger charge is -2.35. The van der Waals surface area contributed by atoms with E-state index in [1.807, 2.05) is 37.3 Å². The topological polar surface area (TPSA) is 60.7 Å². The van der Waals surface area contributed by atoms with Gasteiger partial charge in [-0.3, -0.25) is 14.0 Å². The van der Waals surface area contributed by atoms with Crippen molar-refractivity contribution >= 4 is 23.2 Å². The maximum atomic E-state index is 13.2. The summed E-state index contributed by atoms with van der Waals surface area (Å²) in [6.45, 7) is 1.83. The van der Waals surface area contributed by atoms with Gasteiger partial charge < -0.3 is 4.74 Å². The predicted octanol–water partition coefficient (Wildman–Crippen LogP) is 4.60. The Morgan fingerprint density at radius 1 is 1.14 bits per heavy atom. The smallest absolute Gasteiger partial charge is 0.316 e. The molecule has 1 aliphatic carbocycles. The number of aryl methyl sites for hydroxylation is 1. The summed E-state index contributed by atoms with van der Waals surface area (Å²) in [4.78, 5) is 30.2. The van der Waals surface area contributed by atoms with Crippen molar-refractivity contribution in [2.75, 3.05) is 0 Å². The molecule has 1 saturated carbocycles. The molecular weight excluding hydrogens is 388 g/mol. The van der Waals surface area contributed by atoms with Gasteiger partial charge in [-0.05, 0) is 49.6 Å². The fourth-order valence-electron chi connectivity index (χ4n) is 4.27. The molecule has 0 aliphatic heterocycles. The minimum Gasteiger partial charge on any atom is -0.458 e. The number of benzene rings is 1. The van der Waals surface area contributed by atoms with Crippen LogP contribution in [0.5, 0.6) is 0 Å². The van der Waals surface area contributed by atoms with Crippen LogP contribution < -0.4 is 5.56 Å². The first-order chi connectivity index (χ1) is 14.0. The van der Waals surface area contributed by atoms with E-state index in [0.717, 1.165) is 43.4 Å². The number of nitrogens with zero attached hydrogens (tertiary/aromatic N) is 2. The van der Waals surface area contributed by atoms with Crippen molar-refractivity contribution in [3.05, 3.63) is 80.9 Å². The molecule has 0 atom stereocenters. The van der Waals surface area contributed by atoms with E-state index in [-0.39, 0.29) is 18.1 Å². The quantitative estimate of drug-likeness (QED) is 0.589. The molecule has 1 aromatic carbocycles. The van der Waals surface area contributed by atoms with Gasteiger partial charge in [0.2, 0.25) is 0 Å². The molecule has 0 saturated heterocycles. The second kappa shape index (κ2) is 7.99. The number of halogens is 1. The summed E-state index contributed by atoms with van der Waals surface area (Å²) >= 11 is 6.19. The SMILES string of the molecule is Cc1cccc2nc(COC(=O)C3(c4cccc(Cl)c4)CCCCC3)cc(=O)n12. The molecule has 0 radical (unpaired) electrons. The molecule has 6 heteroatoms. The summed E-state index contributed by atoms with van der Waals surface area (Å²) in [5.74, 6) is -0.272. The van der Waals surface area contributed by atoms with E-state index in [1.165, 1.54) is 6.07 Å². The van der Waals surface area contributed by atoms with E-state index in [4.69, 9.17) is 16.3 Å². The number of fused-ring (bicyclic) bond motifs is 1. The van der Waals surface area contributed by atoms with Gasteiger partial charge in [-0.15, -0.1) is 0 Å². The molecule has 0 amide bonds. The molecule has 1 aliphatic rings. The molecule has 3 aromatic rings. The van der Waals surface area contributed by atoms with Crippen molar-refractivity contribution in [1.29, 1.82) is 0 Å². The summed E-state index contributed by atoms with van der Waals surface area (Å²) < 4.78 is 7.25. The molecule has 2 heterocycles. The van der Waals surface area contributed by atoms with E-state index < -0.39 is 5.41 Å². The number of rotatable bonds is 4. The highest BCUT2D eigenvalue weighted by molar-refractivity contribution is 6.30. The Labute approximate surface area is 174 Å². The van der Waals surface area contributed by atoms with Crippen LogP contribution in [0.3, 0.4) is 0 Å². The molecule has 1 fully saturated rings. The number of hydrogen-bond donors (Lipinski definition) is 0. The Hall–Kier alpha value is -2.66. The zero-order valence-corrected chi connectivity index (χ0v) is 17.1. The lowest BCUT2D eigenvalue weighted by Crippen LogP contribution is -2.39. The first-order valence-corrected chi connectivity index (χ1v) is 10.3. The van der Waals surface area contributed by atoms with Crippen LogP contribution in [0.2, 0.25) is 5.02 Å². The van der Waals surface area contributed by atoms with Gasteiger partial charge in [-0.1, -0.05) is 49.1 Å². The first kappa shape index (κ1) is 19.6. The average molecular weight is 411 g/mol. The van der Waals surface area contributed by atoms with Gasteiger partial charge in [0, 0.05) is 16.8 Å². The fraction of sp³-hybridized carbons (Fsp3) is 0.348. The molecule has 29 heavy (non-hydrogen) atoms. The third kappa shape index (κ3) is 3.79. The monoisotopic (exact) mass is 410 g/mol. The number of ether oxygens (including phenoxy) is 1. The normalized spacial score (nSPS) is 15.9. The van der Waals surface area contributed by atoms with Crippen molar-refractivity contribution in [2.45, 2.75) is 51.0 Å². The molecular formula is C23H23ClN2O3. The van der Waals surface area contributed by atoms with Crippen LogP contribution >= 0.6 is 11.6 Å². The van der Waals surface area contributed by atoms with Crippen LogP contribution in [0.4, 0.5) is 0 Å². The molecule has 0 unspecified atom stereocenters. The Balaban J connectivity index is 1.61. The van der Waals surface area contributed by atoms with E-state index in [1.54, 1.807) is 16.5 Å². The van der Waals surface area contributed by atoms with Crippen molar-refractivity contribution in [3.63, 3.8) is 0 Å². The van der Waals surface area contributed by atoms with Crippen LogP contribution in [-0.2, 0) is 21.6 Å². The van der Waals surface area contributed by atoms with Gasteiger partial charge >= 0.3 is 5.97 Å². The third-order valence-electron chi connectivity index (χ3n) is 5.76. The summed E-state index contributed by atoms with van der Waals surface area (Å²) in [6, 6.07) is 14.4. The Morgan fingerprint density at radius 3 is 2.66 bits per heavy atom. The number of esters is 1. The zero-order valence-electron chi connectivity index (χ0n) is 16.4. The van der Waals surface area contributed by atoms with Crippen molar-refractivity contribution in [3.8, 4) is 0 Å². The van der Waals surface area contributed by atoms with Gasteiger partial charge in [0.15, 0.2) is 0 Å². The number of carbonyl (C=O) groups excluding carboxylic acids is 1. The molecule has 0 bridgehead atoms. The molecule has 0 spiro atoms. The maximum Gasteiger partial charge on any atom is 0.316 e. The van der Waals surface area contributed by atoms with E-state index in [9.17, 15) is 9.59 Å². The van der Waals surface area contributed by atoms with E-state index >= 15 is 0 Å². The highest BCUT2D eigenvalue weighted by atomic mass is 35.5. The van der Waals surface area contributed by atoms with Gasteiger partial charge in [-0.25, -0.2) is 4.98 Å². The third-order valence-corrected chi connectivity index (χ3v) is 5.99. The molecule has 5 nitrogen and oxygen atoms in total. The molecule has 4 rings (SSSR count). The van der Waals surface area contributed by atoms with Gasteiger partial charge in [0.1, 0.15) is 12.3 Å². The molecule has 2 aromatic heterocycles. The van der Waals surface area contributed by atoms with Crippen LogP contribution in [0, 0.1) is 6.92 Å². The number of pyridine rings is 1. The lowest BCUT2D eigenvalue weighted by atomic mass is 9.69. The summed E-state index contributed by atoms with van der Waals surface area (Å²) in [5.41, 5.74) is 1.84. The van der Waals surface area contributed by atoms with E-state index in [0.29, 0.717) is 16.4 Å². The zero-order chi connectivity index (χ0) is 20.4. The number of hydrogen-bond acceptors (Lipinski definition) is 4. The minimum absolute atomic E-state index is 0.0270. The second-order valence-corrected chi connectivity index (χ2v) is 8.11. The molecule has 0 N–H and O–H groups in total. The van der Waals surface area contributed by atoms with Crippen LogP contribution in [0.1, 0.15) is 49.1 Å². The maximum absolute atomic E-state index is 13.2. The average Bonchev–Trinajstić information content (AvgIpc) is 2.72. The number of aromatic nitrogens is 2. The molecule has 150 valence electrons. The second-order valence-electron chi connectivity index (χ2n) is 7.68. The summed E-state index contributed by atoms with van der Waals surface area (Å²) in [6.07, 6.45) is 4.52. The van der Waals surface area contributed by atoms with Crippen molar-refractivity contribution in [1.82, 2.24) is 9.38 Å². The Bertz CT molecular complexity index is 1120. The largest absolute Gasteiger partial charge is 0.458 e. The van der Waals surface area contributed by atoms with Gasteiger partial charge in [0.05, 0.1) is 11.1 Å². The van der Waals surface area contributed by atoms with Crippen molar-refractivity contribution < 1.29 is 9.53 Å². The predicted molar refractivity (Wildman–Crippen MR) is 112 cm³/mol. The highest BCUT2D eigenvalue weighted by Crippen LogP contribution is 2.41. The van der Waals surface area contributed by atoms with Gasteiger partial charge in [-0.2, -0.15) is 0 Å². The van der Waals surface area contributed by atoms with Crippen LogP contribution in [-0.4, -0.2) is 15.4 Å². The van der Waals surface area contributed by atoms with Gasteiger partial charge in [0.25, 0.3) is 5.56 Å². The van der Waals surface area contributed by atoms with E-state index in [2.05, 4.69) is 4.98 Å². The lowest BCUT2D eigenvalue weighted by molar-refractivity contribution is -0.153. The van der Waals surface area contributed by atoms with Crippen LogP contribution in [0.25, 0.3) is 5.65 Å². The Kier molecular flexibility index (Phi) is 5.41.